The third-order valence-corrected chi connectivity index (χ3v) is 10.1. The first kappa shape index (κ1) is 29.7. The van der Waals surface area contributed by atoms with Gasteiger partial charge in [0.15, 0.2) is 9.84 Å². The van der Waals surface area contributed by atoms with Gasteiger partial charge in [-0.15, -0.1) is 0 Å². The molecule has 4 heterocycles. The lowest BCUT2D eigenvalue weighted by Gasteiger charge is -2.49. The van der Waals surface area contributed by atoms with Crippen LogP contribution in [0.4, 0.5) is 0 Å². The fourth-order valence-corrected chi connectivity index (χ4v) is 7.00. The molecule has 2 aromatic heterocycles. The van der Waals surface area contributed by atoms with Gasteiger partial charge in [0.05, 0.1) is 26.7 Å². The van der Waals surface area contributed by atoms with Crippen molar-refractivity contribution in [3.8, 4) is 5.88 Å². The molecule has 0 spiro atoms. The number of amides is 1. The molecule has 0 bridgehead atoms. The van der Waals surface area contributed by atoms with Crippen LogP contribution in [0, 0.1) is 5.92 Å². The number of ether oxygens (including phenoxy) is 1. The summed E-state index contributed by atoms with van der Waals surface area (Å²) in [5, 5.41) is 0.532. The van der Waals surface area contributed by atoms with Gasteiger partial charge in [-0.25, -0.2) is 13.4 Å². The summed E-state index contributed by atoms with van der Waals surface area (Å²) in [5.74, 6) is 0.484. The summed E-state index contributed by atoms with van der Waals surface area (Å²) in [5.41, 5.74) is 1.19. The van der Waals surface area contributed by atoms with E-state index in [1.807, 2.05) is 17.0 Å². The summed E-state index contributed by atoms with van der Waals surface area (Å²) in [4.78, 5) is 30.2. The molecule has 0 radical (unpaired) electrons. The zero-order valence-electron chi connectivity index (χ0n) is 23.0. The molecule has 1 amide bonds. The number of carbonyl (C=O) groups excluding carboxylic acids is 1. The number of carbonyl (C=O) groups is 1. The summed E-state index contributed by atoms with van der Waals surface area (Å²) < 4.78 is 30.3. The first-order valence-electron chi connectivity index (χ1n) is 13.6. The quantitative estimate of drug-likeness (QED) is 0.360. The Labute approximate surface area is 250 Å². The van der Waals surface area contributed by atoms with E-state index in [1.54, 1.807) is 30.7 Å². The second-order valence-electron chi connectivity index (χ2n) is 11.0. The van der Waals surface area contributed by atoms with Crippen molar-refractivity contribution in [1.82, 2.24) is 24.8 Å². The summed E-state index contributed by atoms with van der Waals surface area (Å²) in [6.07, 6.45) is 12.1. The zero-order chi connectivity index (χ0) is 29.2. The number of nitrogens with zero attached hydrogens (tertiary/aromatic N) is 5. The van der Waals surface area contributed by atoms with E-state index >= 15 is 0 Å². The van der Waals surface area contributed by atoms with Crippen LogP contribution in [0.2, 0.25) is 10.0 Å². The molecule has 1 unspecified atom stereocenters. The second-order valence-corrected chi connectivity index (χ2v) is 13.8. The van der Waals surface area contributed by atoms with Gasteiger partial charge in [-0.1, -0.05) is 35.3 Å². The molecule has 5 rings (SSSR count). The van der Waals surface area contributed by atoms with Gasteiger partial charge in [-0.2, -0.15) is 0 Å². The molecule has 1 atom stereocenters. The highest BCUT2D eigenvalue weighted by molar-refractivity contribution is 7.90. The number of hydrogen-bond acceptors (Lipinski definition) is 8. The van der Waals surface area contributed by atoms with E-state index < -0.39 is 9.84 Å². The number of likely N-dealkylation sites (tertiary alicyclic amines) is 2. The Balaban J connectivity index is 1.25. The molecule has 0 N–H and O–H groups in total. The Bertz CT molecular complexity index is 1450. The maximum absolute atomic E-state index is 13.2. The third-order valence-electron chi connectivity index (χ3n) is 8.35. The minimum Gasteiger partial charge on any atom is -0.468 e. The number of benzene rings is 1. The van der Waals surface area contributed by atoms with E-state index in [1.165, 1.54) is 18.6 Å². The number of aromatic nitrogens is 3. The van der Waals surface area contributed by atoms with E-state index in [0.29, 0.717) is 24.5 Å². The minimum absolute atomic E-state index is 0.0357. The van der Waals surface area contributed by atoms with Crippen molar-refractivity contribution in [2.45, 2.75) is 49.1 Å². The number of pyridine rings is 1. The van der Waals surface area contributed by atoms with Crippen LogP contribution >= 0.6 is 23.2 Å². The first-order chi connectivity index (χ1) is 19.5. The van der Waals surface area contributed by atoms with Crippen molar-refractivity contribution >= 4 is 38.9 Å². The maximum Gasteiger partial charge on any atom is 0.257 e. The number of hydrogen-bond donors (Lipinski definition) is 0. The van der Waals surface area contributed by atoms with Gasteiger partial charge in [0.25, 0.3) is 5.91 Å². The maximum atomic E-state index is 13.2. The molecule has 9 nitrogen and oxygen atoms in total. The fraction of sp³-hybridized carbons (Fsp3) is 0.448. The average molecular weight is 619 g/mol. The standard InChI is InChI=1S/C29H33Cl2N5O4S/c1-29(9-15-35(16-10-29)28(37)26-23(30)17-33-18-24(26)31)36-13-7-21(8-14-36)27(40-25-19-32-11-12-34-25)20-3-5-22(6-4-20)41(2,38)39/h3-6,11-12,17-19,21,27H,7-10,13-16H2,1-2H3. The largest absolute Gasteiger partial charge is 0.468 e. The van der Waals surface area contributed by atoms with E-state index in [0.717, 1.165) is 44.3 Å². The highest BCUT2D eigenvalue weighted by atomic mass is 35.5. The van der Waals surface area contributed by atoms with Gasteiger partial charge < -0.3 is 9.64 Å². The molecule has 2 fully saturated rings. The van der Waals surface area contributed by atoms with E-state index in [2.05, 4.69) is 26.8 Å². The SMILES string of the molecule is CC1(N2CCC(C(Oc3cnccn3)c3ccc(S(C)(=O)=O)cc3)CC2)CCN(C(=O)c2c(Cl)cncc2Cl)CC1. The van der Waals surface area contributed by atoms with Gasteiger partial charge in [0.1, 0.15) is 6.10 Å². The average Bonchev–Trinajstić information content (AvgIpc) is 2.96. The topological polar surface area (TPSA) is 106 Å². The molecule has 1 aromatic carbocycles. The molecule has 0 saturated carbocycles. The van der Waals surface area contributed by atoms with E-state index in [-0.39, 0.29) is 38.4 Å². The molecular weight excluding hydrogens is 585 g/mol. The van der Waals surface area contributed by atoms with Crippen LogP contribution in [-0.4, -0.2) is 77.1 Å². The predicted octanol–water partition coefficient (Wildman–Crippen LogP) is 5.11. The van der Waals surface area contributed by atoms with E-state index in [9.17, 15) is 13.2 Å². The van der Waals surface area contributed by atoms with Crippen LogP contribution < -0.4 is 4.74 Å². The highest BCUT2D eigenvalue weighted by Crippen LogP contribution is 2.39. The Morgan fingerprint density at radius 3 is 2.17 bits per heavy atom. The van der Waals surface area contributed by atoms with Crippen LogP contribution in [0.1, 0.15) is 54.6 Å². The second kappa shape index (κ2) is 12.2. The first-order valence-corrected chi connectivity index (χ1v) is 16.3. The van der Waals surface area contributed by atoms with Crippen LogP contribution in [0.5, 0.6) is 5.88 Å². The van der Waals surface area contributed by atoms with Gasteiger partial charge in [0.2, 0.25) is 5.88 Å². The summed E-state index contributed by atoms with van der Waals surface area (Å²) in [6.45, 7) is 5.29. The molecule has 41 heavy (non-hydrogen) atoms. The van der Waals surface area contributed by atoms with Crippen molar-refractivity contribution in [2.75, 3.05) is 32.4 Å². The third kappa shape index (κ3) is 6.66. The van der Waals surface area contributed by atoms with Crippen molar-refractivity contribution in [1.29, 1.82) is 0 Å². The summed E-state index contributed by atoms with van der Waals surface area (Å²) in [6, 6.07) is 6.93. The Kier molecular flexibility index (Phi) is 8.84. The Morgan fingerprint density at radius 2 is 1.61 bits per heavy atom. The number of sulfone groups is 1. The fourth-order valence-electron chi connectivity index (χ4n) is 5.84. The smallest absolute Gasteiger partial charge is 0.257 e. The Morgan fingerprint density at radius 1 is 0.976 bits per heavy atom. The summed E-state index contributed by atoms with van der Waals surface area (Å²) >= 11 is 12.5. The number of rotatable bonds is 7. The predicted molar refractivity (Wildman–Crippen MR) is 157 cm³/mol. The van der Waals surface area contributed by atoms with Gasteiger partial charge in [0, 0.05) is 55.6 Å². The number of piperidine rings is 2. The van der Waals surface area contributed by atoms with E-state index in [4.69, 9.17) is 27.9 Å². The normalized spacial score (nSPS) is 19.1. The molecule has 0 aliphatic carbocycles. The van der Waals surface area contributed by atoms with Crippen molar-refractivity contribution < 1.29 is 17.9 Å². The van der Waals surface area contributed by atoms with Gasteiger partial charge in [-0.3, -0.25) is 19.7 Å². The van der Waals surface area contributed by atoms with Crippen molar-refractivity contribution in [3.63, 3.8) is 0 Å². The van der Waals surface area contributed by atoms with Crippen LogP contribution in [0.25, 0.3) is 0 Å². The van der Waals surface area contributed by atoms with Crippen molar-refractivity contribution in [2.24, 2.45) is 5.92 Å². The lowest BCUT2D eigenvalue weighted by Crippen LogP contribution is -2.56. The molecule has 2 aliphatic rings. The van der Waals surface area contributed by atoms with Gasteiger partial charge >= 0.3 is 0 Å². The monoisotopic (exact) mass is 617 g/mol. The zero-order valence-corrected chi connectivity index (χ0v) is 25.4. The molecule has 12 heteroatoms. The Hall–Kier alpha value is -2.79. The molecular formula is C29H33Cl2N5O4S. The molecule has 2 aliphatic heterocycles. The summed E-state index contributed by atoms with van der Waals surface area (Å²) in [7, 11) is -3.30. The van der Waals surface area contributed by atoms with Crippen molar-refractivity contribution in [3.05, 3.63) is 76.4 Å². The highest BCUT2D eigenvalue weighted by Gasteiger charge is 2.40. The lowest BCUT2D eigenvalue weighted by molar-refractivity contribution is -0.00617. The van der Waals surface area contributed by atoms with Crippen LogP contribution in [0.15, 0.2) is 60.1 Å². The van der Waals surface area contributed by atoms with Crippen LogP contribution in [-0.2, 0) is 9.84 Å². The molecule has 2 saturated heterocycles. The van der Waals surface area contributed by atoms with Gasteiger partial charge in [-0.05, 0) is 63.4 Å². The minimum atomic E-state index is -3.30. The van der Waals surface area contributed by atoms with Crippen LogP contribution in [0.3, 0.4) is 0 Å². The number of halogens is 2. The molecule has 218 valence electrons. The molecule has 3 aromatic rings. The lowest BCUT2D eigenvalue weighted by atomic mass is 9.82.